The largest absolute Gasteiger partial charge is 0.494 e. The van der Waals surface area contributed by atoms with Gasteiger partial charge in [-0.2, -0.15) is 5.10 Å². The van der Waals surface area contributed by atoms with Gasteiger partial charge in [0.2, 0.25) is 23.7 Å². The van der Waals surface area contributed by atoms with Crippen LogP contribution >= 0.6 is 23.1 Å². The third kappa shape index (κ3) is 9.52. The van der Waals surface area contributed by atoms with Gasteiger partial charge in [-0.25, -0.2) is 15.0 Å². The van der Waals surface area contributed by atoms with E-state index in [1.54, 1.807) is 45.3 Å². The number of carbonyl (C=O) groups is 4. The Balaban J connectivity index is 1.25. The molecule has 1 saturated heterocycles. The third-order valence-electron chi connectivity index (χ3n) is 10.4. The van der Waals surface area contributed by atoms with Crippen molar-refractivity contribution in [3.63, 3.8) is 0 Å². The summed E-state index contributed by atoms with van der Waals surface area (Å²) in [6.07, 6.45) is 5.29. The van der Waals surface area contributed by atoms with Gasteiger partial charge in [0, 0.05) is 48.7 Å². The van der Waals surface area contributed by atoms with Crippen molar-refractivity contribution in [1.82, 2.24) is 38.8 Å². The highest BCUT2D eigenvalue weighted by atomic mass is 32.2. The number of benzene rings is 2. The van der Waals surface area contributed by atoms with Gasteiger partial charge < -0.3 is 30.1 Å². The maximum atomic E-state index is 13.9. The highest BCUT2D eigenvalue weighted by Crippen LogP contribution is 2.34. The van der Waals surface area contributed by atoms with E-state index in [2.05, 4.69) is 25.6 Å². The molecular weight excluding hydrogens is 833 g/mol. The van der Waals surface area contributed by atoms with Crippen LogP contribution in [0.4, 0.5) is 11.9 Å². The van der Waals surface area contributed by atoms with Gasteiger partial charge in [-0.15, -0.1) is 23.1 Å². The van der Waals surface area contributed by atoms with Gasteiger partial charge in [0.05, 0.1) is 53.3 Å². The first-order chi connectivity index (χ1) is 29.9. The summed E-state index contributed by atoms with van der Waals surface area (Å²) < 4.78 is 16.5. The molecule has 0 unspecified atom stereocenters. The van der Waals surface area contributed by atoms with Crippen LogP contribution in [0.1, 0.15) is 77.5 Å². The number of aryl methyl sites for hydroxylation is 4. The number of imidazole rings is 2. The molecule has 0 aliphatic carbocycles. The summed E-state index contributed by atoms with van der Waals surface area (Å²) >= 11 is 2.92. The van der Waals surface area contributed by atoms with Gasteiger partial charge in [0.15, 0.2) is 0 Å². The van der Waals surface area contributed by atoms with Gasteiger partial charge in [-0.3, -0.25) is 39.4 Å². The van der Waals surface area contributed by atoms with Crippen molar-refractivity contribution in [2.24, 2.45) is 11.5 Å². The van der Waals surface area contributed by atoms with Crippen LogP contribution in [0.25, 0.3) is 22.1 Å². The number of hydrogen-bond donors (Lipinski definition) is 4. The normalized spacial score (nSPS) is 13.4. The molecule has 6 aromatic rings. The number of primary amides is 2. The molecule has 326 valence electrons. The lowest BCUT2D eigenvalue weighted by Gasteiger charge is -2.26. The Kier molecular flexibility index (Phi) is 13.7. The highest BCUT2D eigenvalue weighted by Gasteiger charge is 2.24. The summed E-state index contributed by atoms with van der Waals surface area (Å²) in [5.41, 5.74) is 15.9. The van der Waals surface area contributed by atoms with Crippen molar-refractivity contribution >= 4 is 80.7 Å². The number of morpholine rings is 1. The number of allylic oxidation sites excluding steroid dienone is 2. The van der Waals surface area contributed by atoms with Gasteiger partial charge >= 0.3 is 0 Å². The molecule has 1 aliphatic heterocycles. The van der Waals surface area contributed by atoms with Crippen LogP contribution in [0.3, 0.4) is 0 Å². The molecule has 6 N–H and O–H groups in total. The molecule has 4 amide bonds. The maximum Gasteiger partial charge on any atom is 0.276 e. The zero-order valence-electron chi connectivity index (χ0n) is 35.3. The zero-order chi connectivity index (χ0) is 44.1. The van der Waals surface area contributed by atoms with Crippen molar-refractivity contribution in [2.45, 2.75) is 65.1 Å². The van der Waals surface area contributed by atoms with E-state index in [9.17, 15) is 19.2 Å². The Labute approximate surface area is 366 Å². The van der Waals surface area contributed by atoms with Crippen LogP contribution in [0.2, 0.25) is 0 Å². The van der Waals surface area contributed by atoms with E-state index in [1.165, 1.54) is 24.5 Å². The molecule has 5 heterocycles. The van der Waals surface area contributed by atoms with Crippen LogP contribution in [0.5, 0.6) is 5.75 Å². The SMILES string of the molecule is CCc1nc(C)sc1C(=O)Nc1nc2cc(C(N)=O)cc(SCCCN3CCOCC3)c2n1C/C=C/Cn1c(NC(=O)c2cc(C)nn2CC)nc2cc(C(N)=O)cc(OC)c21. The van der Waals surface area contributed by atoms with Crippen LogP contribution in [-0.4, -0.2) is 108 Å². The molecule has 1 fully saturated rings. The van der Waals surface area contributed by atoms with E-state index in [0.717, 1.165) is 60.4 Å². The second-order valence-corrected chi connectivity index (χ2v) is 16.9. The Bertz CT molecular complexity index is 2690. The monoisotopic (exact) mass is 882 g/mol. The van der Waals surface area contributed by atoms with Crippen molar-refractivity contribution in [3.8, 4) is 5.75 Å². The predicted molar refractivity (Wildman–Crippen MR) is 240 cm³/mol. The fourth-order valence-corrected chi connectivity index (χ4v) is 9.35. The summed E-state index contributed by atoms with van der Waals surface area (Å²) in [7, 11) is 1.48. The van der Waals surface area contributed by atoms with Crippen molar-refractivity contribution in [1.29, 1.82) is 0 Å². The number of nitrogens with two attached hydrogens (primary N) is 2. The number of ether oxygens (including phenoxy) is 2. The first-order valence-corrected chi connectivity index (χ1v) is 22.1. The second-order valence-electron chi connectivity index (χ2n) is 14.6. The number of thioether (sulfide) groups is 1. The van der Waals surface area contributed by atoms with Crippen molar-refractivity contribution < 1.29 is 28.7 Å². The van der Waals surface area contributed by atoms with Crippen molar-refractivity contribution in [3.05, 3.63) is 80.6 Å². The van der Waals surface area contributed by atoms with Crippen molar-refractivity contribution in [2.75, 3.05) is 56.3 Å². The van der Waals surface area contributed by atoms with Gasteiger partial charge in [-0.05, 0) is 76.2 Å². The molecular formula is C42H50N12O6S2. The topological polar surface area (TPSA) is 232 Å². The van der Waals surface area contributed by atoms with Gasteiger partial charge in [0.25, 0.3) is 11.8 Å². The molecule has 0 spiro atoms. The number of carbonyl (C=O) groups excluding carboxylic acids is 4. The first-order valence-electron chi connectivity index (χ1n) is 20.3. The van der Waals surface area contributed by atoms with Crippen LogP contribution in [-0.2, 0) is 30.8 Å². The predicted octanol–water partition coefficient (Wildman–Crippen LogP) is 5.02. The van der Waals surface area contributed by atoms with E-state index >= 15 is 0 Å². The average Bonchev–Trinajstić information content (AvgIpc) is 4.03. The molecule has 1 aliphatic rings. The number of fused-ring (bicyclic) bond motifs is 2. The number of methoxy groups -OCH3 is 1. The zero-order valence-corrected chi connectivity index (χ0v) is 37.0. The fraction of sp³-hybridized carbons (Fsp3) is 0.381. The summed E-state index contributed by atoms with van der Waals surface area (Å²) in [6.45, 7) is 12.6. The van der Waals surface area contributed by atoms with E-state index < -0.39 is 17.7 Å². The number of nitrogens with one attached hydrogen (secondary N) is 2. The van der Waals surface area contributed by atoms with Gasteiger partial charge in [-0.1, -0.05) is 19.1 Å². The molecule has 0 bridgehead atoms. The molecule has 4 aromatic heterocycles. The van der Waals surface area contributed by atoms with E-state index in [1.807, 2.05) is 44.4 Å². The number of hydrogen-bond acceptors (Lipinski definition) is 13. The molecule has 7 rings (SSSR count). The lowest BCUT2D eigenvalue weighted by molar-refractivity contribution is 0.0381. The number of rotatable bonds is 18. The molecule has 2 aromatic carbocycles. The standard InChI is InChI=1S/C42H50N12O6S2/c1-6-28-36(62-25(4)45-28)40(58)49-42-47-30-21-27(38(44)56)23-33(61-18-10-11-51-14-16-60-17-15-51)35(30)53(42)13-9-8-12-52-34-29(20-26(37(43)55)22-32(34)59-5)46-41(52)48-39(57)31-19-24(3)50-54(31)7-2/h8-9,19-23H,6-7,10-18H2,1-5H3,(H2,43,55)(H2,44,56)(H,46,48,57)(H,47,49,58)/b9-8+. The second kappa shape index (κ2) is 19.3. The lowest BCUT2D eigenvalue weighted by atomic mass is 10.1. The Hall–Kier alpha value is -6.09. The highest BCUT2D eigenvalue weighted by molar-refractivity contribution is 7.99. The lowest BCUT2D eigenvalue weighted by Crippen LogP contribution is -2.36. The molecule has 18 nitrogen and oxygen atoms in total. The summed E-state index contributed by atoms with van der Waals surface area (Å²) in [6, 6.07) is 8.22. The first kappa shape index (κ1) is 44.0. The molecule has 0 atom stereocenters. The minimum absolute atomic E-state index is 0.197. The Morgan fingerprint density at radius 3 is 2.13 bits per heavy atom. The summed E-state index contributed by atoms with van der Waals surface area (Å²) in [4.78, 5) is 70.2. The number of aromatic nitrogens is 7. The average molecular weight is 883 g/mol. The summed E-state index contributed by atoms with van der Waals surface area (Å²) in [5, 5.41) is 11.2. The molecule has 0 saturated carbocycles. The number of amides is 4. The quantitative estimate of drug-likeness (QED) is 0.0507. The van der Waals surface area contributed by atoms with E-state index in [-0.39, 0.29) is 36.5 Å². The summed E-state index contributed by atoms with van der Waals surface area (Å²) in [5.74, 6) is -0.409. The number of anilines is 2. The molecule has 0 radical (unpaired) electrons. The Morgan fingerprint density at radius 1 is 0.871 bits per heavy atom. The third-order valence-corrected chi connectivity index (χ3v) is 12.5. The van der Waals surface area contributed by atoms with E-state index in [4.69, 9.17) is 30.9 Å². The van der Waals surface area contributed by atoms with Crippen LogP contribution in [0.15, 0.2) is 47.4 Å². The maximum absolute atomic E-state index is 13.9. The minimum Gasteiger partial charge on any atom is -0.494 e. The smallest absolute Gasteiger partial charge is 0.276 e. The molecule has 62 heavy (non-hydrogen) atoms. The van der Waals surface area contributed by atoms with Gasteiger partial charge in [0.1, 0.15) is 21.8 Å². The van der Waals surface area contributed by atoms with E-state index in [0.29, 0.717) is 62.8 Å². The minimum atomic E-state index is -0.656. The Morgan fingerprint density at radius 2 is 1.50 bits per heavy atom. The van der Waals surface area contributed by atoms with Crippen LogP contribution in [0, 0.1) is 13.8 Å². The molecule has 20 heteroatoms. The fourth-order valence-electron chi connectivity index (χ4n) is 7.39. The van der Waals surface area contributed by atoms with Crippen LogP contribution < -0.4 is 26.8 Å². The number of nitrogens with zero attached hydrogens (tertiary/aromatic N) is 8. The number of thiazole rings is 1.